The standard InChI is InChI=1S/C10H14N2O4S/c1-17(15,16)8-4-2-6-11-10(8)12-7-3-5-9(13)14/h2,4,6H,3,5,7H2,1H3,(H,11,12)(H,13,14). The Kier molecular flexibility index (Phi) is 4.45. The molecule has 0 aliphatic carbocycles. The molecule has 0 atom stereocenters. The molecule has 0 aromatic carbocycles. The summed E-state index contributed by atoms with van der Waals surface area (Å²) in [6, 6.07) is 3.00. The van der Waals surface area contributed by atoms with Crippen molar-refractivity contribution in [2.75, 3.05) is 18.1 Å². The van der Waals surface area contributed by atoms with Crippen LogP contribution in [0, 0.1) is 0 Å². The Morgan fingerprint density at radius 1 is 1.53 bits per heavy atom. The van der Waals surface area contributed by atoms with Crippen LogP contribution in [0.5, 0.6) is 0 Å². The number of pyridine rings is 1. The van der Waals surface area contributed by atoms with Crippen molar-refractivity contribution in [3.05, 3.63) is 18.3 Å². The maximum Gasteiger partial charge on any atom is 0.303 e. The molecule has 1 rings (SSSR count). The average molecular weight is 258 g/mol. The molecule has 0 bridgehead atoms. The van der Waals surface area contributed by atoms with Gasteiger partial charge < -0.3 is 10.4 Å². The van der Waals surface area contributed by atoms with Crippen molar-refractivity contribution in [2.24, 2.45) is 0 Å². The lowest BCUT2D eigenvalue weighted by molar-refractivity contribution is -0.137. The zero-order valence-electron chi connectivity index (χ0n) is 9.38. The molecule has 2 N–H and O–H groups in total. The fourth-order valence-electron chi connectivity index (χ4n) is 1.27. The first-order valence-corrected chi connectivity index (χ1v) is 6.91. The van der Waals surface area contributed by atoms with Crippen LogP contribution in [0.15, 0.2) is 23.2 Å². The maximum atomic E-state index is 11.4. The molecule has 0 spiro atoms. The summed E-state index contributed by atoms with van der Waals surface area (Å²) in [4.78, 5) is 14.3. The van der Waals surface area contributed by atoms with Crippen LogP contribution in [0.3, 0.4) is 0 Å². The third-order valence-electron chi connectivity index (χ3n) is 2.03. The van der Waals surface area contributed by atoms with Gasteiger partial charge in [-0.3, -0.25) is 4.79 Å². The van der Waals surface area contributed by atoms with Gasteiger partial charge in [-0.2, -0.15) is 0 Å². The molecular formula is C10H14N2O4S. The van der Waals surface area contributed by atoms with Gasteiger partial charge in [-0.05, 0) is 18.6 Å². The highest BCUT2D eigenvalue weighted by atomic mass is 32.2. The van der Waals surface area contributed by atoms with Gasteiger partial charge in [-0.25, -0.2) is 13.4 Å². The average Bonchev–Trinajstić information content (AvgIpc) is 2.23. The highest BCUT2D eigenvalue weighted by Gasteiger charge is 2.13. The van der Waals surface area contributed by atoms with E-state index in [4.69, 9.17) is 5.11 Å². The van der Waals surface area contributed by atoms with Gasteiger partial charge in [0, 0.05) is 25.4 Å². The molecule has 0 unspecified atom stereocenters. The second-order valence-corrected chi connectivity index (χ2v) is 5.53. The Bertz CT molecular complexity index is 499. The number of carboxylic acids is 1. The van der Waals surface area contributed by atoms with Crippen LogP contribution in [0.2, 0.25) is 0 Å². The Morgan fingerprint density at radius 2 is 2.24 bits per heavy atom. The van der Waals surface area contributed by atoms with E-state index >= 15 is 0 Å². The monoisotopic (exact) mass is 258 g/mol. The smallest absolute Gasteiger partial charge is 0.303 e. The summed E-state index contributed by atoms with van der Waals surface area (Å²) < 4.78 is 22.8. The van der Waals surface area contributed by atoms with Crippen molar-refractivity contribution in [3.8, 4) is 0 Å². The van der Waals surface area contributed by atoms with Crippen LogP contribution in [0.4, 0.5) is 5.82 Å². The number of hydrogen-bond donors (Lipinski definition) is 2. The Hall–Kier alpha value is -1.63. The summed E-state index contributed by atoms with van der Waals surface area (Å²) in [6.45, 7) is 0.367. The molecule has 0 radical (unpaired) electrons. The highest BCUT2D eigenvalue weighted by molar-refractivity contribution is 7.90. The van der Waals surface area contributed by atoms with Crippen LogP contribution >= 0.6 is 0 Å². The molecule has 1 aromatic rings. The van der Waals surface area contributed by atoms with E-state index < -0.39 is 15.8 Å². The minimum Gasteiger partial charge on any atom is -0.481 e. The summed E-state index contributed by atoms with van der Waals surface area (Å²) in [6.07, 6.45) is 3.03. The molecule has 94 valence electrons. The number of carboxylic acid groups (broad SMARTS) is 1. The van der Waals surface area contributed by atoms with Crippen LogP contribution < -0.4 is 5.32 Å². The SMILES string of the molecule is CS(=O)(=O)c1cccnc1NCCCC(=O)O. The van der Waals surface area contributed by atoms with E-state index in [0.29, 0.717) is 13.0 Å². The number of hydrogen-bond acceptors (Lipinski definition) is 5. The van der Waals surface area contributed by atoms with E-state index in [-0.39, 0.29) is 17.1 Å². The molecule has 0 aliphatic heterocycles. The van der Waals surface area contributed by atoms with Crippen LogP contribution in [0.25, 0.3) is 0 Å². The number of sulfone groups is 1. The number of rotatable bonds is 6. The summed E-state index contributed by atoms with van der Waals surface area (Å²) in [7, 11) is -3.33. The first-order chi connectivity index (χ1) is 7.91. The Balaban J connectivity index is 2.68. The van der Waals surface area contributed by atoms with Gasteiger partial charge in [0.15, 0.2) is 9.84 Å². The van der Waals surface area contributed by atoms with Gasteiger partial charge in [0.05, 0.1) is 0 Å². The first kappa shape index (κ1) is 13.4. The number of nitrogens with zero attached hydrogens (tertiary/aromatic N) is 1. The number of nitrogens with one attached hydrogen (secondary N) is 1. The molecule has 0 saturated heterocycles. The minimum atomic E-state index is -3.33. The molecule has 0 saturated carbocycles. The number of aromatic nitrogens is 1. The second-order valence-electron chi connectivity index (χ2n) is 3.55. The van der Waals surface area contributed by atoms with E-state index in [1.165, 1.54) is 12.3 Å². The van der Waals surface area contributed by atoms with Gasteiger partial charge in [0.1, 0.15) is 10.7 Å². The lowest BCUT2D eigenvalue weighted by atomic mass is 10.3. The molecule has 0 fully saturated rings. The summed E-state index contributed by atoms with van der Waals surface area (Å²) in [5.41, 5.74) is 0. The van der Waals surface area contributed by atoms with Gasteiger partial charge in [-0.1, -0.05) is 0 Å². The summed E-state index contributed by atoms with van der Waals surface area (Å²) >= 11 is 0. The molecule has 6 nitrogen and oxygen atoms in total. The molecular weight excluding hydrogens is 244 g/mol. The van der Waals surface area contributed by atoms with E-state index in [2.05, 4.69) is 10.3 Å². The predicted molar refractivity (Wildman–Crippen MR) is 62.7 cm³/mol. The lowest BCUT2D eigenvalue weighted by Crippen LogP contribution is -2.10. The van der Waals surface area contributed by atoms with E-state index in [9.17, 15) is 13.2 Å². The number of aliphatic carboxylic acids is 1. The minimum absolute atomic E-state index is 0.0358. The molecule has 0 aliphatic rings. The van der Waals surface area contributed by atoms with Crippen LogP contribution in [0.1, 0.15) is 12.8 Å². The van der Waals surface area contributed by atoms with Crippen LogP contribution in [-0.2, 0) is 14.6 Å². The molecule has 1 heterocycles. The largest absolute Gasteiger partial charge is 0.481 e. The van der Waals surface area contributed by atoms with E-state index in [0.717, 1.165) is 6.26 Å². The van der Waals surface area contributed by atoms with Crippen molar-refractivity contribution in [3.63, 3.8) is 0 Å². The van der Waals surface area contributed by atoms with Crippen molar-refractivity contribution < 1.29 is 18.3 Å². The van der Waals surface area contributed by atoms with Crippen molar-refractivity contribution in [1.82, 2.24) is 4.98 Å². The zero-order chi connectivity index (χ0) is 12.9. The lowest BCUT2D eigenvalue weighted by Gasteiger charge is -2.08. The van der Waals surface area contributed by atoms with Gasteiger partial charge in [0.2, 0.25) is 0 Å². The molecule has 7 heteroatoms. The third-order valence-corrected chi connectivity index (χ3v) is 3.16. The van der Waals surface area contributed by atoms with Crippen molar-refractivity contribution in [2.45, 2.75) is 17.7 Å². The molecule has 17 heavy (non-hydrogen) atoms. The third kappa shape index (κ3) is 4.39. The van der Waals surface area contributed by atoms with Gasteiger partial charge >= 0.3 is 5.97 Å². The predicted octanol–water partition coefficient (Wildman–Crippen LogP) is 0.762. The second kappa shape index (κ2) is 5.62. The number of carbonyl (C=O) groups is 1. The van der Waals surface area contributed by atoms with Crippen LogP contribution in [-0.4, -0.2) is 37.3 Å². The van der Waals surface area contributed by atoms with Crippen molar-refractivity contribution in [1.29, 1.82) is 0 Å². The van der Waals surface area contributed by atoms with Gasteiger partial charge in [-0.15, -0.1) is 0 Å². The summed E-state index contributed by atoms with van der Waals surface area (Å²) in [5, 5.41) is 11.3. The first-order valence-electron chi connectivity index (χ1n) is 5.02. The fourth-order valence-corrected chi connectivity index (χ4v) is 2.07. The highest BCUT2D eigenvalue weighted by Crippen LogP contribution is 2.17. The summed E-state index contributed by atoms with van der Waals surface area (Å²) in [5.74, 6) is -0.614. The zero-order valence-corrected chi connectivity index (χ0v) is 10.2. The topological polar surface area (TPSA) is 96.4 Å². The van der Waals surface area contributed by atoms with E-state index in [1.807, 2.05) is 0 Å². The number of anilines is 1. The van der Waals surface area contributed by atoms with E-state index in [1.54, 1.807) is 6.07 Å². The van der Waals surface area contributed by atoms with Gasteiger partial charge in [0.25, 0.3) is 0 Å². The maximum absolute atomic E-state index is 11.4. The molecule has 1 aromatic heterocycles. The quantitative estimate of drug-likeness (QED) is 0.731. The molecule has 0 amide bonds. The van der Waals surface area contributed by atoms with Crippen molar-refractivity contribution >= 4 is 21.6 Å². The Labute approximate surface area is 99.6 Å². The Morgan fingerprint density at radius 3 is 2.82 bits per heavy atom. The normalized spacial score (nSPS) is 11.1. The fraction of sp³-hybridized carbons (Fsp3) is 0.400.